The highest BCUT2D eigenvalue weighted by molar-refractivity contribution is 7.80. The molecule has 0 bridgehead atoms. The minimum atomic E-state index is -0.307. The van der Waals surface area contributed by atoms with Crippen molar-refractivity contribution in [3.05, 3.63) is 33.4 Å². The van der Waals surface area contributed by atoms with Gasteiger partial charge in [0.1, 0.15) is 0 Å². The normalized spacial score (nSPS) is 14.1. The van der Waals surface area contributed by atoms with Crippen molar-refractivity contribution in [1.82, 2.24) is 0 Å². The van der Waals surface area contributed by atoms with E-state index in [-0.39, 0.29) is 5.97 Å². The van der Waals surface area contributed by atoms with Crippen LogP contribution >= 0.6 is 12.2 Å². The summed E-state index contributed by atoms with van der Waals surface area (Å²) < 4.78 is 5.00. The Balaban J connectivity index is 2.92. The number of hydrogen-bond acceptors (Lipinski definition) is 3. The van der Waals surface area contributed by atoms with Crippen LogP contribution in [0.2, 0.25) is 0 Å². The molecule has 78 valence electrons. The predicted octanol–water partition coefficient (Wildman–Crippen LogP) is 2.77. The van der Waals surface area contributed by atoms with Crippen LogP contribution in [0, 0.1) is 27.7 Å². The van der Waals surface area contributed by atoms with E-state index in [4.69, 9.17) is 17.0 Å². The average Bonchev–Trinajstić information content (AvgIpc) is 2.47. The molecule has 2 rings (SSSR count). The maximum Gasteiger partial charge on any atom is 0.345 e. The third kappa shape index (κ3) is 1.23. The second kappa shape index (κ2) is 3.14. The van der Waals surface area contributed by atoms with Crippen molar-refractivity contribution >= 4 is 23.2 Å². The molecule has 0 amide bonds. The molecule has 0 radical (unpaired) electrons. The van der Waals surface area contributed by atoms with E-state index in [9.17, 15) is 4.79 Å². The Kier molecular flexibility index (Phi) is 2.15. The molecule has 0 saturated heterocycles. The Morgan fingerprint density at radius 3 is 1.87 bits per heavy atom. The van der Waals surface area contributed by atoms with Gasteiger partial charge in [-0.1, -0.05) is 0 Å². The SMILES string of the molecule is Cc1c(C)c(C)c2c(c1C)C(=O)OC2=S. The highest BCUT2D eigenvalue weighted by Crippen LogP contribution is 2.32. The number of carbonyl (C=O) groups is 1. The molecule has 0 saturated carbocycles. The highest BCUT2D eigenvalue weighted by atomic mass is 32.1. The van der Waals surface area contributed by atoms with Gasteiger partial charge in [-0.05, 0) is 62.2 Å². The van der Waals surface area contributed by atoms with Crippen LogP contribution in [0.15, 0.2) is 0 Å². The lowest BCUT2D eigenvalue weighted by Crippen LogP contribution is -2.03. The largest absolute Gasteiger partial charge is 0.410 e. The smallest absolute Gasteiger partial charge is 0.345 e. The van der Waals surface area contributed by atoms with Crippen molar-refractivity contribution in [3.8, 4) is 0 Å². The Morgan fingerprint density at radius 1 is 0.867 bits per heavy atom. The molecule has 0 spiro atoms. The molecular weight excluding hydrogens is 208 g/mol. The third-order valence-corrected chi connectivity index (χ3v) is 3.57. The molecule has 0 aromatic heterocycles. The standard InChI is InChI=1S/C12H12O2S/c1-5-6(2)8(4)10-9(7(5)3)11(13)14-12(10)15/h1-4H3. The van der Waals surface area contributed by atoms with Crippen molar-refractivity contribution < 1.29 is 9.53 Å². The average molecular weight is 220 g/mol. The van der Waals surface area contributed by atoms with Gasteiger partial charge in [-0.15, -0.1) is 0 Å². The summed E-state index contributed by atoms with van der Waals surface area (Å²) in [7, 11) is 0. The van der Waals surface area contributed by atoms with Gasteiger partial charge in [0.25, 0.3) is 0 Å². The molecule has 1 aliphatic rings. The monoisotopic (exact) mass is 220 g/mol. The highest BCUT2D eigenvalue weighted by Gasteiger charge is 2.31. The molecule has 1 heterocycles. The zero-order valence-corrected chi connectivity index (χ0v) is 10.0. The van der Waals surface area contributed by atoms with Gasteiger partial charge in [-0.3, -0.25) is 0 Å². The Hall–Kier alpha value is -1.22. The number of esters is 1. The number of rotatable bonds is 0. The van der Waals surface area contributed by atoms with Crippen LogP contribution in [0.25, 0.3) is 0 Å². The Morgan fingerprint density at radius 2 is 1.33 bits per heavy atom. The van der Waals surface area contributed by atoms with Gasteiger partial charge < -0.3 is 4.74 Å². The number of cyclic esters (lactones) is 1. The quantitative estimate of drug-likeness (QED) is 0.497. The molecule has 0 atom stereocenters. The topological polar surface area (TPSA) is 26.3 Å². The second-order valence-electron chi connectivity index (χ2n) is 3.93. The van der Waals surface area contributed by atoms with Crippen molar-refractivity contribution in [2.45, 2.75) is 27.7 Å². The molecular formula is C12H12O2S. The molecule has 0 unspecified atom stereocenters. The molecule has 15 heavy (non-hydrogen) atoms. The molecule has 2 nitrogen and oxygen atoms in total. The van der Waals surface area contributed by atoms with Crippen LogP contribution in [0.3, 0.4) is 0 Å². The maximum absolute atomic E-state index is 11.6. The molecule has 0 fully saturated rings. The summed E-state index contributed by atoms with van der Waals surface area (Å²) in [4.78, 5) is 11.6. The lowest BCUT2D eigenvalue weighted by Gasteiger charge is -2.12. The van der Waals surface area contributed by atoms with Gasteiger partial charge in [-0.2, -0.15) is 0 Å². The predicted molar refractivity (Wildman–Crippen MR) is 62.5 cm³/mol. The van der Waals surface area contributed by atoms with Crippen LogP contribution < -0.4 is 0 Å². The lowest BCUT2D eigenvalue weighted by molar-refractivity contribution is 0.0741. The summed E-state index contributed by atoms with van der Waals surface area (Å²) in [5, 5.41) is 0.318. The number of hydrogen-bond donors (Lipinski definition) is 0. The molecule has 1 aliphatic heterocycles. The van der Waals surface area contributed by atoms with Crippen molar-refractivity contribution in [2.75, 3.05) is 0 Å². The fourth-order valence-electron chi connectivity index (χ4n) is 2.01. The van der Waals surface area contributed by atoms with Crippen molar-refractivity contribution in [3.63, 3.8) is 0 Å². The fraction of sp³-hybridized carbons (Fsp3) is 0.333. The van der Waals surface area contributed by atoms with E-state index < -0.39 is 0 Å². The van der Waals surface area contributed by atoms with E-state index in [2.05, 4.69) is 0 Å². The zero-order valence-electron chi connectivity index (χ0n) is 9.22. The molecule has 1 aromatic rings. The van der Waals surface area contributed by atoms with Gasteiger partial charge in [0.05, 0.1) is 5.56 Å². The second-order valence-corrected chi connectivity index (χ2v) is 4.30. The van der Waals surface area contributed by atoms with Gasteiger partial charge in [-0.25, -0.2) is 4.79 Å². The summed E-state index contributed by atoms with van der Waals surface area (Å²) in [6.07, 6.45) is 0. The van der Waals surface area contributed by atoms with Crippen molar-refractivity contribution in [1.29, 1.82) is 0 Å². The first-order valence-corrected chi connectivity index (χ1v) is 5.22. The number of benzene rings is 1. The number of thiocarbonyl (C=S) groups is 1. The lowest BCUT2D eigenvalue weighted by atomic mass is 9.90. The minimum absolute atomic E-state index is 0.307. The molecule has 0 N–H and O–H groups in total. The summed E-state index contributed by atoms with van der Waals surface area (Å²) in [6, 6.07) is 0. The summed E-state index contributed by atoms with van der Waals surface area (Å²) in [5.41, 5.74) is 5.85. The number of fused-ring (bicyclic) bond motifs is 1. The fourth-order valence-corrected chi connectivity index (χ4v) is 2.34. The zero-order chi connectivity index (χ0) is 11.3. The van der Waals surface area contributed by atoms with Crippen LogP contribution in [0.1, 0.15) is 38.2 Å². The van der Waals surface area contributed by atoms with E-state index in [1.807, 2.05) is 27.7 Å². The minimum Gasteiger partial charge on any atom is -0.410 e. The first kappa shape index (κ1) is 10.3. The van der Waals surface area contributed by atoms with E-state index in [1.165, 1.54) is 5.56 Å². The number of ether oxygens (including phenoxy) is 1. The summed E-state index contributed by atoms with van der Waals surface area (Å²) >= 11 is 5.06. The van der Waals surface area contributed by atoms with Gasteiger partial charge >= 0.3 is 5.97 Å². The van der Waals surface area contributed by atoms with E-state index in [0.717, 1.165) is 22.3 Å². The van der Waals surface area contributed by atoms with E-state index >= 15 is 0 Å². The molecule has 3 heteroatoms. The maximum atomic E-state index is 11.6. The third-order valence-electron chi connectivity index (χ3n) is 3.28. The van der Waals surface area contributed by atoms with Crippen molar-refractivity contribution in [2.24, 2.45) is 0 Å². The van der Waals surface area contributed by atoms with Gasteiger partial charge in [0, 0.05) is 5.56 Å². The molecule has 0 aliphatic carbocycles. The number of carbonyl (C=O) groups excluding carboxylic acids is 1. The van der Waals surface area contributed by atoms with Crippen LogP contribution in [0.5, 0.6) is 0 Å². The van der Waals surface area contributed by atoms with Crippen LogP contribution in [-0.4, -0.2) is 11.0 Å². The summed E-state index contributed by atoms with van der Waals surface area (Å²) in [5.74, 6) is -0.307. The summed E-state index contributed by atoms with van der Waals surface area (Å²) in [6.45, 7) is 7.99. The van der Waals surface area contributed by atoms with Crippen LogP contribution in [-0.2, 0) is 4.74 Å². The Bertz CT molecular complexity index is 456. The van der Waals surface area contributed by atoms with Crippen LogP contribution in [0.4, 0.5) is 0 Å². The molecule has 1 aromatic carbocycles. The first-order chi connectivity index (χ1) is 6.95. The van der Waals surface area contributed by atoms with Gasteiger partial charge in [0.2, 0.25) is 5.05 Å². The Labute approximate surface area is 94.2 Å². The first-order valence-electron chi connectivity index (χ1n) is 4.82. The van der Waals surface area contributed by atoms with Gasteiger partial charge in [0.15, 0.2) is 0 Å². The van der Waals surface area contributed by atoms with E-state index in [1.54, 1.807) is 0 Å². The van der Waals surface area contributed by atoms with E-state index in [0.29, 0.717) is 10.6 Å².